The molecule has 0 bridgehead atoms. The largest absolute Gasteiger partial charge is 0.462 e. The Kier molecular flexibility index (Phi) is 47.8. The van der Waals surface area contributed by atoms with Crippen molar-refractivity contribution < 1.29 is 28.6 Å². The maximum Gasteiger partial charge on any atom is 0.306 e. The molecule has 60 heavy (non-hydrogen) atoms. The van der Waals surface area contributed by atoms with Gasteiger partial charge in [-0.1, -0.05) is 225 Å². The highest BCUT2D eigenvalue weighted by Gasteiger charge is 2.19. The Hall–Kier alpha value is -2.11. The van der Waals surface area contributed by atoms with Crippen molar-refractivity contribution in [1.82, 2.24) is 0 Å². The maximum absolute atomic E-state index is 12.8. The number of hydrogen-bond donors (Lipinski definition) is 0. The fourth-order valence-corrected chi connectivity index (χ4v) is 7.68. The lowest BCUT2D eigenvalue weighted by atomic mass is 10.0. The van der Waals surface area contributed by atoms with Crippen LogP contribution >= 0.6 is 0 Å². The molecule has 0 fully saturated rings. The Morgan fingerprint density at radius 3 is 0.917 bits per heavy atom. The van der Waals surface area contributed by atoms with E-state index in [0.29, 0.717) is 19.3 Å². The average Bonchev–Trinajstić information content (AvgIpc) is 3.24. The molecule has 1 unspecified atom stereocenters. The molecule has 0 N–H and O–H groups in total. The van der Waals surface area contributed by atoms with E-state index in [1.165, 1.54) is 186 Å². The van der Waals surface area contributed by atoms with Crippen LogP contribution < -0.4 is 0 Å². The fourth-order valence-electron chi connectivity index (χ4n) is 7.68. The van der Waals surface area contributed by atoms with E-state index >= 15 is 0 Å². The van der Waals surface area contributed by atoms with Gasteiger partial charge >= 0.3 is 17.9 Å². The van der Waals surface area contributed by atoms with Gasteiger partial charge < -0.3 is 14.2 Å². The molecule has 0 rings (SSSR count). The van der Waals surface area contributed by atoms with E-state index in [2.05, 4.69) is 45.1 Å². The monoisotopic (exact) mass is 845 g/mol. The molecule has 0 aromatic heterocycles. The summed E-state index contributed by atoms with van der Waals surface area (Å²) in [5, 5.41) is 0. The molecule has 1 atom stereocenters. The molecule has 6 nitrogen and oxygen atoms in total. The summed E-state index contributed by atoms with van der Waals surface area (Å²) in [5.41, 5.74) is 0. The van der Waals surface area contributed by atoms with Crippen LogP contribution in [0.4, 0.5) is 0 Å². The van der Waals surface area contributed by atoms with Crippen molar-refractivity contribution in [1.29, 1.82) is 0 Å². The Morgan fingerprint density at radius 1 is 0.317 bits per heavy atom. The van der Waals surface area contributed by atoms with Gasteiger partial charge in [-0.05, 0) is 64.2 Å². The van der Waals surface area contributed by atoms with Crippen molar-refractivity contribution in [3.05, 3.63) is 24.3 Å². The minimum atomic E-state index is -0.778. The molecule has 0 spiro atoms. The molecule has 6 heteroatoms. The lowest BCUT2D eigenvalue weighted by molar-refractivity contribution is -0.167. The van der Waals surface area contributed by atoms with E-state index in [4.69, 9.17) is 14.2 Å². The van der Waals surface area contributed by atoms with Crippen LogP contribution in [-0.4, -0.2) is 37.2 Å². The van der Waals surface area contributed by atoms with Crippen LogP contribution in [-0.2, 0) is 28.6 Å². The number of hydrogen-bond acceptors (Lipinski definition) is 6. The second-order valence-corrected chi connectivity index (χ2v) is 17.8. The second-order valence-electron chi connectivity index (χ2n) is 17.8. The Bertz CT molecular complexity index is 973. The highest BCUT2D eigenvalue weighted by atomic mass is 16.6. The van der Waals surface area contributed by atoms with Crippen LogP contribution in [0.5, 0.6) is 0 Å². The SMILES string of the molecule is CCCCCC/C=C\CCCC(=O)OCC(COC(=O)CCCCCCCCC/C=C\CCCCCCCCCC)OC(=O)CCCCCCCCCCCCCCCC. The number of carbonyl (C=O) groups is 3. The Morgan fingerprint density at radius 2 is 0.567 bits per heavy atom. The summed E-state index contributed by atoms with van der Waals surface area (Å²) < 4.78 is 16.7. The summed E-state index contributed by atoms with van der Waals surface area (Å²) in [6.07, 6.45) is 56.0. The zero-order chi connectivity index (χ0) is 43.7. The number of carbonyl (C=O) groups excluding carboxylic acids is 3. The molecule has 0 radical (unpaired) electrons. The van der Waals surface area contributed by atoms with Gasteiger partial charge in [0.2, 0.25) is 0 Å². The van der Waals surface area contributed by atoms with Gasteiger partial charge in [0, 0.05) is 19.3 Å². The lowest BCUT2D eigenvalue weighted by Gasteiger charge is -2.18. The second kappa shape index (κ2) is 49.5. The summed E-state index contributed by atoms with van der Waals surface area (Å²) in [7, 11) is 0. The fraction of sp³-hybridized carbons (Fsp3) is 0.870. The van der Waals surface area contributed by atoms with Crippen LogP contribution in [0.15, 0.2) is 24.3 Å². The van der Waals surface area contributed by atoms with Crippen molar-refractivity contribution >= 4 is 17.9 Å². The molecule has 0 aromatic carbocycles. The first kappa shape index (κ1) is 57.9. The summed E-state index contributed by atoms with van der Waals surface area (Å²) in [5.74, 6) is -0.907. The normalized spacial score (nSPS) is 12.1. The van der Waals surface area contributed by atoms with Crippen molar-refractivity contribution in [3.63, 3.8) is 0 Å². The number of ether oxygens (including phenoxy) is 3. The molecule has 0 amide bonds. The molecule has 0 aliphatic heterocycles. The first-order valence-corrected chi connectivity index (χ1v) is 26.3. The van der Waals surface area contributed by atoms with Gasteiger partial charge in [0.15, 0.2) is 6.10 Å². The Balaban J connectivity index is 4.27. The van der Waals surface area contributed by atoms with Gasteiger partial charge in [0.1, 0.15) is 13.2 Å². The number of rotatable bonds is 48. The molecular weight excluding hydrogens is 745 g/mol. The van der Waals surface area contributed by atoms with Crippen LogP contribution in [0.1, 0.15) is 284 Å². The zero-order valence-corrected chi connectivity index (χ0v) is 40.2. The van der Waals surface area contributed by atoms with Crippen LogP contribution in [0.2, 0.25) is 0 Å². The molecule has 352 valence electrons. The third-order valence-electron chi connectivity index (χ3n) is 11.7. The van der Waals surface area contributed by atoms with Gasteiger partial charge in [0.05, 0.1) is 0 Å². The molecule has 0 aliphatic carbocycles. The van der Waals surface area contributed by atoms with Crippen molar-refractivity contribution in [3.8, 4) is 0 Å². The first-order valence-electron chi connectivity index (χ1n) is 26.3. The minimum absolute atomic E-state index is 0.0784. The number of esters is 3. The quantitative estimate of drug-likeness (QED) is 0.0263. The van der Waals surface area contributed by atoms with Crippen molar-refractivity contribution in [2.75, 3.05) is 13.2 Å². The van der Waals surface area contributed by atoms with Crippen LogP contribution in [0.25, 0.3) is 0 Å². The molecule has 0 saturated carbocycles. The smallest absolute Gasteiger partial charge is 0.306 e. The maximum atomic E-state index is 12.8. The molecular formula is C54H100O6. The molecule has 0 aliphatic rings. The van der Waals surface area contributed by atoms with Gasteiger partial charge in [-0.2, -0.15) is 0 Å². The lowest BCUT2D eigenvalue weighted by Crippen LogP contribution is -2.30. The third kappa shape index (κ3) is 46.9. The minimum Gasteiger partial charge on any atom is -0.462 e. The van der Waals surface area contributed by atoms with E-state index in [1.54, 1.807) is 0 Å². The number of allylic oxidation sites excluding steroid dienone is 4. The van der Waals surface area contributed by atoms with E-state index in [1.807, 2.05) is 0 Å². The first-order chi connectivity index (χ1) is 29.5. The highest BCUT2D eigenvalue weighted by molar-refractivity contribution is 5.71. The Labute approximate surface area is 373 Å². The summed E-state index contributed by atoms with van der Waals surface area (Å²) in [6, 6.07) is 0. The van der Waals surface area contributed by atoms with E-state index in [0.717, 1.165) is 57.8 Å². The average molecular weight is 845 g/mol. The van der Waals surface area contributed by atoms with E-state index < -0.39 is 6.10 Å². The van der Waals surface area contributed by atoms with Crippen molar-refractivity contribution in [2.45, 2.75) is 290 Å². The van der Waals surface area contributed by atoms with Gasteiger partial charge in [0.25, 0.3) is 0 Å². The molecule has 0 heterocycles. The van der Waals surface area contributed by atoms with E-state index in [9.17, 15) is 14.4 Å². The topological polar surface area (TPSA) is 78.9 Å². The van der Waals surface area contributed by atoms with Gasteiger partial charge in [-0.15, -0.1) is 0 Å². The summed E-state index contributed by atoms with van der Waals surface area (Å²) >= 11 is 0. The predicted molar refractivity (Wildman–Crippen MR) is 256 cm³/mol. The zero-order valence-electron chi connectivity index (χ0n) is 40.2. The van der Waals surface area contributed by atoms with Crippen LogP contribution in [0.3, 0.4) is 0 Å². The standard InChI is InChI=1S/C54H100O6/c1-4-7-10-13-16-19-21-23-25-26-27-28-29-31-32-35-38-41-44-47-53(56)59-50-51(49-58-52(55)46-43-40-37-34-18-15-12-9-6-3)60-54(57)48-45-42-39-36-33-30-24-22-20-17-14-11-8-5-2/h26-27,34,37,51H,4-25,28-33,35-36,38-50H2,1-3H3/b27-26-,37-34-. The summed E-state index contributed by atoms with van der Waals surface area (Å²) in [4.78, 5) is 37.9. The predicted octanol–water partition coefficient (Wildman–Crippen LogP) is 17.2. The van der Waals surface area contributed by atoms with Gasteiger partial charge in [-0.3, -0.25) is 14.4 Å². The third-order valence-corrected chi connectivity index (χ3v) is 11.7. The van der Waals surface area contributed by atoms with E-state index in [-0.39, 0.29) is 31.1 Å². The summed E-state index contributed by atoms with van der Waals surface area (Å²) in [6.45, 7) is 6.60. The van der Waals surface area contributed by atoms with Crippen molar-refractivity contribution in [2.24, 2.45) is 0 Å². The number of unbranched alkanes of at least 4 members (excludes halogenated alkanes) is 33. The molecule has 0 aromatic rings. The molecule has 0 saturated heterocycles. The van der Waals surface area contributed by atoms with Crippen LogP contribution in [0, 0.1) is 0 Å². The highest BCUT2D eigenvalue weighted by Crippen LogP contribution is 2.16. The van der Waals surface area contributed by atoms with Gasteiger partial charge in [-0.25, -0.2) is 0 Å².